The first kappa shape index (κ1) is 16.5. The van der Waals surface area contributed by atoms with Crippen molar-refractivity contribution in [2.24, 2.45) is 5.41 Å². The lowest BCUT2D eigenvalue weighted by Gasteiger charge is -2.43. The summed E-state index contributed by atoms with van der Waals surface area (Å²) in [4.78, 5) is 13.6. The molecule has 4 rings (SSSR count). The highest BCUT2D eigenvalue weighted by Gasteiger charge is 2.39. The summed E-state index contributed by atoms with van der Waals surface area (Å²) >= 11 is 0. The van der Waals surface area contributed by atoms with Crippen molar-refractivity contribution in [1.82, 2.24) is 14.9 Å². The fourth-order valence-corrected chi connectivity index (χ4v) is 4.13. The highest BCUT2D eigenvalue weighted by molar-refractivity contribution is 5.36. The summed E-state index contributed by atoms with van der Waals surface area (Å²) in [5.41, 5.74) is 0.147. The second-order valence-electron chi connectivity index (χ2n) is 7.36. The van der Waals surface area contributed by atoms with Crippen LogP contribution in [0.5, 0.6) is 0 Å². The van der Waals surface area contributed by atoms with Crippen molar-refractivity contribution in [2.75, 3.05) is 44.3 Å². The van der Waals surface area contributed by atoms with Crippen molar-refractivity contribution in [3.63, 3.8) is 0 Å². The van der Waals surface area contributed by atoms with Crippen LogP contribution in [0.1, 0.15) is 24.4 Å². The van der Waals surface area contributed by atoms with E-state index in [-0.39, 0.29) is 5.41 Å². The first-order chi connectivity index (χ1) is 12.2. The molecule has 134 valence electrons. The Kier molecular flexibility index (Phi) is 4.72. The average molecular weight is 342 g/mol. The predicted octanol–water partition coefficient (Wildman–Crippen LogP) is 2.50. The third kappa shape index (κ3) is 3.85. The van der Waals surface area contributed by atoms with Gasteiger partial charge in [-0.2, -0.15) is 0 Å². The van der Waals surface area contributed by atoms with Gasteiger partial charge in [0.15, 0.2) is 0 Å². The van der Waals surface area contributed by atoms with Crippen LogP contribution in [0.25, 0.3) is 0 Å². The Labute approximate surface area is 148 Å². The lowest BCUT2D eigenvalue weighted by atomic mass is 9.80. The van der Waals surface area contributed by atoms with Crippen molar-refractivity contribution >= 4 is 5.82 Å². The molecule has 1 atom stereocenters. The number of nitrogens with zero attached hydrogens (tertiary/aromatic N) is 4. The summed E-state index contributed by atoms with van der Waals surface area (Å²) in [5.74, 6) is 2.98. The van der Waals surface area contributed by atoms with E-state index in [1.165, 1.54) is 12.8 Å². The molecule has 6 nitrogen and oxygen atoms in total. The summed E-state index contributed by atoms with van der Waals surface area (Å²) in [5, 5.41) is 0. The average Bonchev–Trinajstić information content (AvgIpc) is 2.92. The van der Waals surface area contributed by atoms with Gasteiger partial charge in [0.1, 0.15) is 17.3 Å². The highest BCUT2D eigenvalue weighted by atomic mass is 16.5. The Morgan fingerprint density at radius 2 is 2.16 bits per heavy atom. The number of likely N-dealkylation sites (tertiary alicyclic amines) is 1. The van der Waals surface area contributed by atoms with Crippen LogP contribution in [-0.2, 0) is 11.3 Å². The Morgan fingerprint density at radius 1 is 1.20 bits per heavy atom. The maximum absolute atomic E-state index is 6.00. The Bertz CT molecular complexity index is 690. The van der Waals surface area contributed by atoms with Crippen LogP contribution in [0, 0.1) is 12.3 Å². The second kappa shape index (κ2) is 7.14. The molecule has 2 aromatic rings. The molecule has 2 fully saturated rings. The largest absolute Gasteiger partial charge is 0.465 e. The molecule has 2 saturated heterocycles. The standard InChI is InChI=1S/C19H26N4O2/c1-16-3-4-17(25-16)12-22-8-2-5-19(13-22)14-23(9-10-24-15-19)18-11-20-6-7-21-18/h3-4,6-7,11H,2,5,8-10,12-15H2,1H3. The van der Waals surface area contributed by atoms with Crippen LogP contribution in [-0.4, -0.2) is 54.3 Å². The van der Waals surface area contributed by atoms with Crippen LogP contribution >= 0.6 is 0 Å². The van der Waals surface area contributed by atoms with Crippen LogP contribution in [0.3, 0.4) is 0 Å². The predicted molar refractivity (Wildman–Crippen MR) is 95.5 cm³/mol. The topological polar surface area (TPSA) is 54.6 Å². The molecular weight excluding hydrogens is 316 g/mol. The van der Waals surface area contributed by atoms with Crippen molar-refractivity contribution in [3.05, 3.63) is 42.2 Å². The van der Waals surface area contributed by atoms with Gasteiger partial charge < -0.3 is 14.1 Å². The van der Waals surface area contributed by atoms with Gasteiger partial charge in [0.2, 0.25) is 0 Å². The van der Waals surface area contributed by atoms with Crippen LogP contribution in [0.15, 0.2) is 35.1 Å². The van der Waals surface area contributed by atoms with Gasteiger partial charge in [0.05, 0.1) is 26.0 Å². The van der Waals surface area contributed by atoms with E-state index >= 15 is 0 Å². The zero-order valence-electron chi connectivity index (χ0n) is 14.9. The van der Waals surface area contributed by atoms with E-state index in [1.807, 2.05) is 19.2 Å². The SMILES string of the molecule is Cc1ccc(CN2CCCC3(COCCN(c4cnccn4)C3)C2)o1. The van der Waals surface area contributed by atoms with E-state index in [2.05, 4.69) is 25.8 Å². The molecule has 2 aliphatic rings. The number of furan rings is 1. The van der Waals surface area contributed by atoms with Crippen molar-refractivity contribution in [1.29, 1.82) is 0 Å². The van der Waals surface area contributed by atoms with Gasteiger partial charge in [-0.3, -0.25) is 9.88 Å². The summed E-state index contributed by atoms with van der Waals surface area (Å²) < 4.78 is 11.8. The molecule has 1 spiro atoms. The van der Waals surface area contributed by atoms with E-state index < -0.39 is 0 Å². The van der Waals surface area contributed by atoms with Crippen LogP contribution in [0.2, 0.25) is 0 Å². The Hall–Kier alpha value is -1.92. The minimum absolute atomic E-state index is 0.147. The summed E-state index contributed by atoms with van der Waals surface area (Å²) in [7, 11) is 0. The number of piperidine rings is 1. The molecule has 1 unspecified atom stereocenters. The number of hydrogen-bond donors (Lipinski definition) is 0. The fraction of sp³-hybridized carbons (Fsp3) is 0.579. The van der Waals surface area contributed by atoms with Crippen molar-refractivity contribution < 1.29 is 9.15 Å². The molecule has 0 aromatic carbocycles. The van der Waals surface area contributed by atoms with E-state index in [9.17, 15) is 0 Å². The minimum atomic E-state index is 0.147. The van der Waals surface area contributed by atoms with E-state index in [0.29, 0.717) is 0 Å². The summed E-state index contributed by atoms with van der Waals surface area (Å²) in [6.07, 6.45) is 7.72. The first-order valence-corrected chi connectivity index (χ1v) is 9.09. The third-order valence-corrected chi connectivity index (χ3v) is 5.23. The molecule has 2 aromatic heterocycles. The molecule has 2 aliphatic heterocycles. The van der Waals surface area contributed by atoms with Crippen LogP contribution in [0.4, 0.5) is 5.82 Å². The molecule has 25 heavy (non-hydrogen) atoms. The monoisotopic (exact) mass is 342 g/mol. The van der Waals surface area contributed by atoms with Gasteiger partial charge in [-0.25, -0.2) is 4.98 Å². The first-order valence-electron chi connectivity index (χ1n) is 9.09. The lowest BCUT2D eigenvalue weighted by molar-refractivity contribution is 0.00873. The Balaban J connectivity index is 1.48. The minimum Gasteiger partial charge on any atom is -0.465 e. The highest BCUT2D eigenvalue weighted by Crippen LogP contribution is 2.34. The molecule has 6 heteroatoms. The number of anilines is 1. The van der Waals surface area contributed by atoms with Gasteiger partial charge >= 0.3 is 0 Å². The third-order valence-electron chi connectivity index (χ3n) is 5.23. The van der Waals surface area contributed by atoms with Gasteiger partial charge in [0, 0.05) is 37.4 Å². The number of rotatable bonds is 3. The number of hydrogen-bond acceptors (Lipinski definition) is 6. The second-order valence-corrected chi connectivity index (χ2v) is 7.36. The molecule has 0 aliphatic carbocycles. The lowest BCUT2D eigenvalue weighted by Crippen LogP contribution is -2.50. The maximum Gasteiger partial charge on any atom is 0.147 e. The molecule has 0 radical (unpaired) electrons. The summed E-state index contributed by atoms with van der Waals surface area (Å²) in [6, 6.07) is 4.13. The quantitative estimate of drug-likeness (QED) is 0.854. The molecule has 0 amide bonds. The molecular formula is C19H26N4O2. The normalized spacial score (nSPS) is 25.2. The smallest absolute Gasteiger partial charge is 0.147 e. The molecule has 0 saturated carbocycles. The number of ether oxygens (including phenoxy) is 1. The molecule has 0 N–H and O–H groups in total. The molecule has 0 bridgehead atoms. The van der Waals surface area contributed by atoms with Crippen molar-refractivity contribution in [3.8, 4) is 0 Å². The zero-order chi connectivity index (χ0) is 17.1. The van der Waals surface area contributed by atoms with Gasteiger partial charge in [-0.1, -0.05) is 0 Å². The maximum atomic E-state index is 6.00. The zero-order valence-corrected chi connectivity index (χ0v) is 14.9. The van der Waals surface area contributed by atoms with E-state index in [4.69, 9.17) is 9.15 Å². The van der Waals surface area contributed by atoms with E-state index in [1.54, 1.807) is 12.4 Å². The van der Waals surface area contributed by atoms with Gasteiger partial charge in [-0.15, -0.1) is 0 Å². The number of aromatic nitrogens is 2. The number of aryl methyl sites for hydroxylation is 1. The molecule has 4 heterocycles. The van der Waals surface area contributed by atoms with E-state index in [0.717, 1.165) is 63.3 Å². The summed E-state index contributed by atoms with van der Waals surface area (Å²) in [6.45, 7) is 8.43. The van der Waals surface area contributed by atoms with Crippen molar-refractivity contribution in [2.45, 2.75) is 26.3 Å². The Morgan fingerprint density at radius 3 is 2.96 bits per heavy atom. The van der Waals surface area contributed by atoms with Gasteiger partial charge in [-0.05, 0) is 38.4 Å². The fourth-order valence-electron chi connectivity index (χ4n) is 4.13. The van der Waals surface area contributed by atoms with Crippen LogP contribution < -0.4 is 4.90 Å². The van der Waals surface area contributed by atoms with Gasteiger partial charge in [0.25, 0.3) is 0 Å².